The zero-order chi connectivity index (χ0) is 8.65. The molecule has 0 unspecified atom stereocenters. The monoisotopic (exact) mass is 166 g/mol. The molecule has 12 heavy (non-hydrogen) atoms. The van der Waals surface area contributed by atoms with Crippen LogP contribution in [0.3, 0.4) is 0 Å². The normalized spacial score (nSPS) is 9.33. The van der Waals surface area contributed by atoms with Gasteiger partial charge in [0.25, 0.3) is 6.47 Å². The Labute approximate surface area is 70.9 Å². The third-order valence-electron chi connectivity index (χ3n) is 1.33. The van der Waals surface area contributed by atoms with E-state index in [1.165, 1.54) is 0 Å². The maximum Gasteiger partial charge on any atom is 0.295 e. The highest BCUT2D eigenvalue weighted by Gasteiger charge is 1.89. The molecule has 0 heterocycles. The number of hydrogen-bond donors (Lipinski definition) is 0. The summed E-state index contributed by atoms with van der Waals surface area (Å²) in [6.45, 7) is 0.845. The molecule has 0 amide bonds. The van der Waals surface area contributed by atoms with Gasteiger partial charge in [0.05, 0.1) is 6.61 Å². The Morgan fingerprint density at radius 1 is 1.25 bits per heavy atom. The summed E-state index contributed by atoms with van der Waals surface area (Å²) in [4.78, 5) is 9.71. The number of benzene rings is 1. The number of rotatable bonds is 5. The molecule has 0 bridgehead atoms. The van der Waals surface area contributed by atoms with Crippen molar-refractivity contribution < 1.29 is 14.3 Å². The first-order valence-corrected chi connectivity index (χ1v) is 3.60. The minimum absolute atomic E-state index is 0.0123. The summed E-state index contributed by atoms with van der Waals surface area (Å²) in [5.74, 6) is 0. The van der Waals surface area contributed by atoms with Gasteiger partial charge in [0, 0.05) is 0 Å². The second kappa shape index (κ2) is 5.32. The third-order valence-corrected chi connectivity index (χ3v) is 1.33. The summed E-state index contributed by atoms with van der Waals surface area (Å²) in [5.41, 5.74) is 1.06. The van der Waals surface area contributed by atoms with Crippen LogP contribution in [0.4, 0.5) is 0 Å². The highest BCUT2D eigenvalue weighted by atomic mass is 16.7. The lowest BCUT2D eigenvalue weighted by molar-refractivity contribution is -0.141. The molecule has 1 aromatic rings. The lowest BCUT2D eigenvalue weighted by Crippen LogP contribution is -1.98. The first-order chi connectivity index (χ1) is 5.93. The molecule has 0 aliphatic heterocycles. The standard InChI is InChI=1S/C9H10O3/c10-7-12-8-11-6-9-4-2-1-3-5-9/h1-5,7H,6,8H2. The summed E-state index contributed by atoms with van der Waals surface area (Å²) >= 11 is 0. The highest BCUT2D eigenvalue weighted by molar-refractivity contribution is 5.36. The van der Waals surface area contributed by atoms with Crippen molar-refractivity contribution in [3.05, 3.63) is 35.9 Å². The van der Waals surface area contributed by atoms with Crippen LogP contribution in [0.15, 0.2) is 30.3 Å². The van der Waals surface area contributed by atoms with Crippen LogP contribution in [0, 0.1) is 0 Å². The number of carbonyl (C=O) groups excluding carboxylic acids is 1. The number of ether oxygens (including phenoxy) is 2. The zero-order valence-electron chi connectivity index (χ0n) is 6.60. The topological polar surface area (TPSA) is 35.5 Å². The Morgan fingerprint density at radius 2 is 2.00 bits per heavy atom. The van der Waals surface area contributed by atoms with Crippen molar-refractivity contribution in [2.75, 3.05) is 6.79 Å². The van der Waals surface area contributed by atoms with E-state index in [-0.39, 0.29) is 6.79 Å². The molecule has 0 saturated carbocycles. The molecule has 0 atom stereocenters. The first-order valence-electron chi connectivity index (χ1n) is 3.60. The van der Waals surface area contributed by atoms with Crippen LogP contribution in [0.1, 0.15) is 5.56 Å². The summed E-state index contributed by atoms with van der Waals surface area (Å²) < 4.78 is 9.36. The van der Waals surface area contributed by atoms with E-state index >= 15 is 0 Å². The highest BCUT2D eigenvalue weighted by Crippen LogP contribution is 1.99. The minimum Gasteiger partial charge on any atom is -0.441 e. The van der Waals surface area contributed by atoms with Crippen LogP contribution in [0.2, 0.25) is 0 Å². The van der Waals surface area contributed by atoms with E-state index < -0.39 is 0 Å². The van der Waals surface area contributed by atoms with Gasteiger partial charge in [0.1, 0.15) is 0 Å². The van der Waals surface area contributed by atoms with Gasteiger partial charge in [-0.2, -0.15) is 0 Å². The Balaban J connectivity index is 2.20. The van der Waals surface area contributed by atoms with Crippen molar-refractivity contribution in [2.45, 2.75) is 6.61 Å². The average Bonchev–Trinajstić information content (AvgIpc) is 2.14. The fourth-order valence-corrected chi connectivity index (χ4v) is 0.810. The third kappa shape index (κ3) is 3.16. The molecule has 3 nitrogen and oxygen atoms in total. The van der Waals surface area contributed by atoms with Crippen molar-refractivity contribution >= 4 is 6.47 Å². The van der Waals surface area contributed by atoms with Gasteiger partial charge in [-0.1, -0.05) is 30.3 Å². The van der Waals surface area contributed by atoms with Crippen LogP contribution in [0.5, 0.6) is 0 Å². The molecule has 0 fully saturated rings. The van der Waals surface area contributed by atoms with E-state index in [4.69, 9.17) is 4.74 Å². The smallest absolute Gasteiger partial charge is 0.295 e. The quantitative estimate of drug-likeness (QED) is 0.376. The number of carbonyl (C=O) groups is 1. The molecule has 0 spiro atoms. The van der Waals surface area contributed by atoms with Gasteiger partial charge < -0.3 is 9.47 Å². The van der Waals surface area contributed by atoms with Gasteiger partial charge in [0.15, 0.2) is 6.79 Å². The minimum atomic E-state index is 0.0123. The predicted octanol–water partition coefficient (Wildman–Crippen LogP) is 1.33. The van der Waals surface area contributed by atoms with Crippen LogP contribution < -0.4 is 0 Å². The second-order valence-corrected chi connectivity index (χ2v) is 2.21. The summed E-state index contributed by atoms with van der Waals surface area (Å²) in [5, 5.41) is 0. The van der Waals surface area contributed by atoms with Gasteiger partial charge in [-0.25, -0.2) is 0 Å². The van der Waals surface area contributed by atoms with E-state index in [0.717, 1.165) is 5.56 Å². The predicted molar refractivity (Wildman–Crippen MR) is 43.2 cm³/mol. The molecule has 0 aliphatic carbocycles. The SMILES string of the molecule is O=COCOCc1ccccc1. The summed E-state index contributed by atoms with van der Waals surface area (Å²) in [6, 6.07) is 9.69. The van der Waals surface area contributed by atoms with Crippen molar-refractivity contribution in [3.63, 3.8) is 0 Å². The molecular formula is C9H10O3. The molecule has 0 aliphatic rings. The van der Waals surface area contributed by atoms with Crippen LogP contribution in [-0.4, -0.2) is 13.3 Å². The lowest BCUT2D eigenvalue weighted by atomic mass is 10.2. The number of hydrogen-bond acceptors (Lipinski definition) is 3. The molecule has 64 valence electrons. The van der Waals surface area contributed by atoms with E-state index in [9.17, 15) is 4.79 Å². The van der Waals surface area contributed by atoms with Gasteiger partial charge >= 0.3 is 0 Å². The van der Waals surface area contributed by atoms with E-state index in [2.05, 4.69) is 4.74 Å². The molecule has 1 rings (SSSR count). The zero-order valence-corrected chi connectivity index (χ0v) is 6.60. The van der Waals surface area contributed by atoms with Crippen molar-refractivity contribution in [2.24, 2.45) is 0 Å². The van der Waals surface area contributed by atoms with Crippen LogP contribution >= 0.6 is 0 Å². The average molecular weight is 166 g/mol. The van der Waals surface area contributed by atoms with E-state index in [1.807, 2.05) is 30.3 Å². The maximum atomic E-state index is 9.71. The largest absolute Gasteiger partial charge is 0.441 e. The fraction of sp³-hybridized carbons (Fsp3) is 0.222. The molecule has 0 saturated heterocycles. The Bertz CT molecular complexity index is 220. The summed E-state index contributed by atoms with van der Waals surface area (Å²) in [6.07, 6.45) is 0. The molecule has 0 aromatic heterocycles. The van der Waals surface area contributed by atoms with Gasteiger partial charge in [0.2, 0.25) is 0 Å². The van der Waals surface area contributed by atoms with E-state index in [0.29, 0.717) is 13.1 Å². The van der Waals surface area contributed by atoms with Gasteiger partial charge in [-0.05, 0) is 5.56 Å². The Morgan fingerprint density at radius 3 is 2.67 bits per heavy atom. The molecule has 1 aromatic carbocycles. The molecule has 3 heteroatoms. The molecule has 0 N–H and O–H groups in total. The van der Waals surface area contributed by atoms with E-state index in [1.54, 1.807) is 0 Å². The van der Waals surface area contributed by atoms with Crippen LogP contribution in [0.25, 0.3) is 0 Å². The second-order valence-electron chi connectivity index (χ2n) is 2.21. The van der Waals surface area contributed by atoms with Gasteiger partial charge in [-0.3, -0.25) is 4.79 Å². The first kappa shape index (κ1) is 8.74. The molecule has 0 radical (unpaired) electrons. The van der Waals surface area contributed by atoms with Crippen molar-refractivity contribution in [1.29, 1.82) is 0 Å². The van der Waals surface area contributed by atoms with Crippen molar-refractivity contribution in [1.82, 2.24) is 0 Å². The van der Waals surface area contributed by atoms with Crippen molar-refractivity contribution in [3.8, 4) is 0 Å². The lowest BCUT2D eigenvalue weighted by Gasteiger charge is -2.01. The Kier molecular flexibility index (Phi) is 3.88. The summed E-state index contributed by atoms with van der Waals surface area (Å²) in [7, 11) is 0. The maximum absolute atomic E-state index is 9.71. The molecular weight excluding hydrogens is 156 g/mol. The van der Waals surface area contributed by atoms with Crippen LogP contribution in [-0.2, 0) is 20.9 Å². The Hall–Kier alpha value is -1.35. The fourth-order valence-electron chi connectivity index (χ4n) is 0.810. The van der Waals surface area contributed by atoms with Gasteiger partial charge in [-0.15, -0.1) is 0 Å².